The molecular formula is C18H24N4OS. The average Bonchev–Trinajstić information content (AvgIpc) is 3.04. The molecule has 6 heteroatoms. The summed E-state index contributed by atoms with van der Waals surface area (Å²) in [5, 5.41) is 8.50. The number of benzene rings is 1. The molecule has 0 bridgehead atoms. The van der Waals surface area contributed by atoms with Crippen LogP contribution >= 0.6 is 11.8 Å². The number of hydrogen-bond donors (Lipinski definition) is 1. The Labute approximate surface area is 147 Å². The number of fused-ring (bicyclic) bond motifs is 2. The Balaban J connectivity index is 1.51. The van der Waals surface area contributed by atoms with E-state index in [2.05, 4.69) is 45.2 Å². The molecule has 1 N–H and O–H groups in total. The summed E-state index contributed by atoms with van der Waals surface area (Å²) in [5.74, 6) is 4.22. The van der Waals surface area contributed by atoms with Crippen LogP contribution in [0.25, 0.3) is 0 Å². The van der Waals surface area contributed by atoms with E-state index >= 15 is 0 Å². The topological polar surface area (TPSA) is 52.0 Å². The van der Waals surface area contributed by atoms with E-state index in [9.17, 15) is 0 Å². The van der Waals surface area contributed by atoms with Crippen LogP contribution in [0.15, 0.2) is 23.1 Å². The van der Waals surface area contributed by atoms with Gasteiger partial charge in [-0.25, -0.2) is 9.67 Å². The predicted molar refractivity (Wildman–Crippen MR) is 95.7 cm³/mol. The molecule has 0 saturated carbocycles. The first-order chi connectivity index (χ1) is 11.8. The number of rotatable bonds is 4. The van der Waals surface area contributed by atoms with Crippen molar-refractivity contribution in [3.05, 3.63) is 35.4 Å². The summed E-state index contributed by atoms with van der Waals surface area (Å²) in [6.45, 7) is 3.03. The molecule has 4 rings (SSSR count). The van der Waals surface area contributed by atoms with Crippen LogP contribution in [0, 0.1) is 0 Å². The predicted octanol–water partition coefficient (Wildman–Crippen LogP) is 2.99. The first-order valence-electron chi connectivity index (χ1n) is 8.76. The minimum absolute atomic E-state index is 0.400. The molecule has 0 unspecified atom stereocenters. The lowest BCUT2D eigenvalue weighted by molar-refractivity contribution is 0.320. The Kier molecular flexibility index (Phi) is 4.50. The van der Waals surface area contributed by atoms with Crippen molar-refractivity contribution in [3.63, 3.8) is 0 Å². The molecule has 2 aliphatic rings. The van der Waals surface area contributed by atoms with Gasteiger partial charge in [-0.1, -0.05) is 6.92 Å². The number of nitrogens with zero attached hydrogens (tertiary/aromatic N) is 3. The Morgan fingerprint density at radius 3 is 3.12 bits per heavy atom. The molecule has 1 aromatic carbocycles. The summed E-state index contributed by atoms with van der Waals surface area (Å²) >= 11 is 1.95. The summed E-state index contributed by atoms with van der Waals surface area (Å²) < 4.78 is 7.52. The van der Waals surface area contributed by atoms with Gasteiger partial charge >= 0.3 is 0 Å². The van der Waals surface area contributed by atoms with E-state index < -0.39 is 0 Å². The van der Waals surface area contributed by atoms with Gasteiger partial charge < -0.3 is 10.1 Å². The number of aromatic nitrogens is 3. The maximum Gasteiger partial charge on any atom is 0.150 e. The SMILES string of the molecule is CCc1nc2n(n1)C[C@H](N[C@H]1CCSc3ccc(OC)cc31)CC2. The van der Waals surface area contributed by atoms with Crippen LogP contribution in [0.5, 0.6) is 5.75 Å². The molecular weight excluding hydrogens is 320 g/mol. The van der Waals surface area contributed by atoms with Gasteiger partial charge in [-0.15, -0.1) is 11.8 Å². The minimum Gasteiger partial charge on any atom is -0.497 e. The maximum atomic E-state index is 5.42. The Morgan fingerprint density at radius 1 is 1.38 bits per heavy atom. The summed E-state index contributed by atoms with van der Waals surface area (Å²) in [6, 6.07) is 7.30. The molecule has 1 aromatic heterocycles. The molecule has 0 fully saturated rings. The third kappa shape index (κ3) is 3.05. The van der Waals surface area contributed by atoms with Gasteiger partial charge in [0.05, 0.1) is 13.7 Å². The largest absolute Gasteiger partial charge is 0.497 e. The van der Waals surface area contributed by atoms with E-state index in [0.717, 1.165) is 55.4 Å². The summed E-state index contributed by atoms with van der Waals surface area (Å²) in [6.07, 6.45) is 4.21. The highest BCUT2D eigenvalue weighted by molar-refractivity contribution is 7.99. The van der Waals surface area contributed by atoms with Crippen LogP contribution in [-0.4, -0.2) is 33.7 Å². The van der Waals surface area contributed by atoms with Crippen LogP contribution in [0.1, 0.15) is 43.0 Å². The number of methoxy groups -OCH3 is 1. The number of nitrogens with one attached hydrogen (secondary N) is 1. The molecule has 24 heavy (non-hydrogen) atoms. The van der Waals surface area contributed by atoms with Gasteiger partial charge in [-0.2, -0.15) is 5.10 Å². The number of ether oxygens (including phenoxy) is 1. The zero-order valence-corrected chi connectivity index (χ0v) is 15.1. The van der Waals surface area contributed by atoms with E-state index in [1.807, 2.05) is 11.8 Å². The Bertz CT molecular complexity index is 730. The van der Waals surface area contributed by atoms with Gasteiger partial charge in [0.1, 0.15) is 11.6 Å². The first kappa shape index (κ1) is 16.0. The first-order valence-corrected chi connectivity index (χ1v) is 9.74. The quantitative estimate of drug-likeness (QED) is 0.924. The van der Waals surface area contributed by atoms with Crippen LogP contribution in [0.2, 0.25) is 0 Å². The molecule has 0 spiro atoms. The standard InChI is InChI=1S/C18H24N4OS/c1-3-17-20-18-7-4-12(11-22(18)21-17)19-15-8-9-24-16-6-5-13(23-2)10-14(15)16/h5-6,10,12,15,19H,3-4,7-9,11H2,1-2H3/t12-,15+/m1/s1. The maximum absolute atomic E-state index is 5.42. The van der Waals surface area contributed by atoms with Gasteiger partial charge in [-0.3, -0.25) is 0 Å². The zero-order chi connectivity index (χ0) is 16.5. The molecule has 0 amide bonds. The molecule has 0 saturated heterocycles. The molecule has 2 aliphatic heterocycles. The minimum atomic E-state index is 0.400. The van der Waals surface area contributed by atoms with Crippen molar-refractivity contribution in [3.8, 4) is 5.75 Å². The van der Waals surface area contributed by atoms with E-state index in [1.165, 1.54) is 10.5 Å². The highest BCUT2D eigenvalue weighted by Gasteiger charge is 2.27. The second-order valence-electron chi connectivity index (χ2n) is 6.48. The van der Waals surface area contributed by atoms with Crippen molar-refractivity contribution < 1.29 is 4.74 Å². The monoisotopic (exact) mass is 344 g/mol. The smallest absolute Gasteiger partial charge is 0.150 e. The van der Waals surface area contributed by atoms with Crippen molar-refractivity contribution in [1.29, 1.82) is 0 Å². The molecule has 0 radical (unpaired) electrons. The van der Waals surface area contributed by atoms with Gasteiger partial charge in [0.25, 0.3) is 0 Å². The average molecular weight is 344 g/mol. The van der Waals surface area contributed by atoms with Crippen molar-refractivity contribution >= 4 is 11.8 Å². The number of aryl methyl sites for hydroxylation is 2. The fourth-order valence-corrected chi connectivity index (χ4v) is 4.71. The van der Waals surface area contributed by atoms with Crippen LogP contribution in [0.3, 0.4) is 0 Å². The van der Waals surface area contributed by atoms with Crippen molar-refractivity contribution in [2.24, 2.45) is 0 Å². The molecule has 3 heterocycles. The summed E-state index contributed by atoms with van der Waals surface area (Å²) in [7, 11) is 1.73. The number of thioether (sulfide) groups is 1. The second kappa shape index (κ2) is 6.76. The van der Waals surface area contributed by atoms with E-state index in [-0.39, 0.29) is 0 Å². The summed E-state index contributed by atoms with van der Waals surface area (Å²) in [4.78, 5) is 5.99. The molecule has 5 nitrogen and oxygen atoms in total. The Hall–Kier alpha value is -1.53. The fourth-order valence-electron chi connectivity index (χ4n) is 3.60. The van der Waals surface area contributed by atoms with Gasteiger partial charge in [0, 0.05) is 29.8 Å². The number of hydrogen-bond acceptors (Lipinski definition) is 5. The van der Waals surface area contributed by atoms with Gasteiger partial charge in [0.2, 0.25) is 0 Å². The van der Waals surface area contributed by atoms with Crippen molar-refractivity contribution in [2.75, 3.05) is 12.9 Å². The van der Waals surface area contributed by atoms with Crippen LogP contribution in [0.4, 0.5) is 0 Å². The van der Waals surface area contributed by atoms with Crippen LogP contribution in [-0.2, 0) is 19.4 Å². The van der Waals surface area contributed by atoms with Crippen LogP contribution < -0.4 is 10.1 Å². The third-order valence-corrected chi connectivity index (χ3v) is 6.03. The van der Waals surface area contributed by atoms with Crippen molar-refractivity contribution in [1.82, 2.24) is 20.1 Å². The lowest BCUT2D eigenvalue weighted by Gasteiger charge is -2.32. The van der Waals surface area contributed by atoms with Gasteiger partial charge in [-0.05, 0) is 42.4 Å². The van der Waals surface area contributed by atoms with Gasteiger partial charge in [0.15, 0.2) is 5.82 Å². The van der Waals surface area contributed by atoms with E-state index in [1.54, 1.807) is 7.11 Å². The Morgan fingerprint density at radius 2 is 2.29 bits per heavy atom. The molecule has 2 aromatic rings. The normalized spacial score (nSPS) is 22.8. The zero-order valence-electron chi connectivity index (χ0n) is 14.3. The van der Waals surface area contributed by atoms with E-state index in [0.29, 0.717) is 12.1 Å². The summed E-state index contributed by atoms with van der Waals surface area (Å²) in [5.41, 5.74) is 1.38. The fraction of sp³-hybridized carbons (Fsp3) is 0.556. The molecule has 0 aliphatic carbocycles. The lowest BCUT2D eigenvalue weighted by atomic mass is 10.00. The molecule has 2 atom stereocenters. The lowest BCUT2D eigenvalue weighted by Crippen LogP contribution is -2.40. The highest BCUT2D eigenvalue weighted by atomic mass is 32.2. The van der Waals surface area contributed by atoms with Crippen molar-refractivity contribution in [2.45, 2.75) is 56.1 Å². The third-order valence-electron chi connectivity index (χ3n) is 4.91. The highest BCUT2D eigenvalue weighted by Crippen LogP contribution is 2.38. The second-order valence-corrected chi connectivity index (χ2v) is 7.61. The molecule has 128 valence electrons. The van der Waals surface area contributed by atoms with E-state index in [4.69, 9.17) is 4.74 Å².